The zero-order valence-electron chi connectivity index (χ0n) is 10.9. The van der Waals surface area contributed by atoms with Gasteiger partial charge in [-0.05, 0) is 23.8 Å². The summed E-state index contributed by atoms with van der Waals surface area (Å²) >= 11 is 0. The van der Waals surface area contributed by atoms with Gasteiger partial charge in [0.15, 0.2) is 0 Å². The van der Waals surface area contributed by atoms with Crippen molar-refractivity contribution in [1.29, 1.82) is 5.26 Å². The summed E-state index contributed by atoms with van der Waals surface area (Å²) in [6, 6.07) is 11.8. The van der Waals surface area contributed by atoms with E-state index in [1.165, 1.54) is 12.1 Å². The third-order valence-electron chi connectivity index (χ3n) is 2.72. The Labute approximate surface area is 120 Å². The van der Waals surface area contributed by atoms with Gasteiger partial charge in [0, 0.05) is 11.8 Å². The molecule has 2 aromatic rings. The predicted molar refractivity (Wildman–Crippen MR) is 77.7 cm³/mol. The number of hydrogen-bond acceptors (Lipinski definition) is 7. The molecule has 0 fully saturated rings. The smallest absolute Gasteiger partial charge is 0.311 e. The normalized spacial score (nSPS) is 9.71. The van der Waals surface area contributed by atoms with E-state index >= 15 is 0 Å². The minimum Gasteiger partial charge on any atom is -0.334 e. The molecule has 0 saturated carbocycles. The van der Waals surface area contributed by atoms with Gasteiger partial charge in [-0.25, -0.2) is 10.8 Å². The van der Waals surface area contributed by atoms with Gasteiger partial charge in [-0.2, -0.15) is 5.26 Å². The highest BCUT2D eigenvalue weighted by atomic mass is 16.6. The van der Waals surface area contributed by atoms with Gasteiger partial charge in [-0.1, -0.05) is 12.1 Å². The summed E-state index contributed by atoms with van der Waals surface area (Å²) in [6.45, 7) is 0. The van der Waals surface area contributed by atoms with Crippen LogP contribution in [0.25, 0.3) is 0 Å². The van der Waals surface area contributed by atoms with Gasteiger partial charge in [-0.3, -0.25) is 10.1 Å². The third-order valence-corrected chi connectivity index (χ3v) is 2.72. The van der Waals surface area contributed by atoms with E-state index in [1.54, 1.807) is 24.3 Å². The van der Waals surface area contributed by atoms with Crippen LogP contribution in [0.2, 0.25) is 0 Å². The number of nitrogens with zero attached hydrogens (tertiary/aromatic N) is 3. The maximum absolute atomic E-state index is 11.0. The monoisotopic (exact) mass is 284 g/mol. The number of benzene rings is 1. The summed E-state index contributed by atoms with van der Waals surface area (Å²) in [7, 11) is 0. The highest BCUT2D eigenvalue weighted by molar-refractivity contribution is 5.67. The second-order valence-corrected chi connectivity index (χ2v) is 4.12. The first kappa shape index (κ1) is 14.2. The Morgan fingerprint density at radius 3 is 2.57 bits per heavy atom. The van der Waals surface area contributed by atoms with E-state index in [1.807, 2.05) is 6.07 Å². The first-order chi connectivity index (χ1) is 10.1. The zero-order valence-corrected chi connectivity index (χ0v) is 10.9. The molecule has 0 amide bonds. The van der Waals surface area contributed by atoms with Gasteiger partial charge in [0.05, 0.1) is 17.4 Å². The molecule has 1 aromatic heterocycles. The minimum absolute atomic E-state index is 0.0866. The standard InChI is InChI=1S/C13H12N6O2/c14-8-7-9-1-3-10(4-2-9)16-13-11(19(20)21)5-6-12(17-13)18-15/h1-6H,7,15H2,(H2,16,17,18). The molecule has 0 bridgehead atoms. The summed E-state index contributed by atoms with van der Waals surface area (Å²) in [6.07, 6.45) is 0.311. The molecule has 0 unspecified atom stereocenters. The van der Waals surface area contributed by atoms with Crippen molar-refractivity contribution in [2.75, 3.05) is 10.7 Å². The number of nitriles is 1. The van der Waals surface area contributed by atoms with Crippen molar-refractivity contribution in [3.63, 3.8) is 0 Å². The molecule has 8 heteroatoms. The molecule has 0 radical (unpaired) electrons. The molecular weight excluding hydrogens is 272 g/mol. The molecule has 0 aliphatic rings. The Kier molecular flexibility index (Phi) is 4.28. The summed E-state index contributed by atoms with van der Waals surface area (Å²) < 4.78 is 0. The largest absolute Gasteiger partial charge is 0.334 e. The van der Waals surface area contributed by atoms with E-state index in [0.717, 1.165) is 5.56 Å². The number of nitrogens with two attached hydrogens (primary N) is 1. The maximum Gasteiger partial charge on any atom is 0.311 e. The van der Waals surface area contributed by atoms with Crippen molar-refractivity contribution >= 4 is 23.0 Å². The van der Waals surface area contributed by atoms with Crippen LogP contribution in [0, 0.1) is 21.4 Å². The van der Waals surface area contributed by atoms with E-state index in [4.69, 9.17) is 11.1 Å². The molecule has 21 heavy (non-hydrogen) atoms. The van der Waals surface area contributed by atoms with Crippen molar-refractivity contribution in [3.8, 4) is 6.07 Å². The Bertz CT molecular complexity index is 693. The van der Waals surface area contributed by atoms with Crippen LogP contribution in [-0.4, -0.2) is 9.91 Å². The van der Waals surface area contributed by atoms with Gasteiger partial charge in [0.1, 0.15) is 5.82 Å². The Hall–Kier alpha value is -3.18. The van der Waals surface area contributed by atoms with Crippen molar-refractivity contribution in [3.05, 3.63) is 52.1 Å². The number of nitrogen functional groups attached to an aromatic ring is 1. The molecule has 106 valence electrons. The molecule has 1 heterocycles. The van der Waals surface area contributed by atoms with Gasteiger partial charge in [-0.15, -0.1) is 0 Å². The second-order valence-electron chi connectivity index (χ2n) is 4.12. The molecule has 1 aromatic carbocycles. The summed E-state index contributed by atoms with van der Waals surface area (Å²) in [4.78, 5) is 14.5. The van der Waals surface area contributed by atoms with Crippen molar-refractivity contribution in [2.24, 2.45) is 5.84 Å². The maximum atomic E-state index is 11.0. The molecule has 0 saturated heterocycles. The number of rotatable bonds is 5. The van der Waals surface area contributed by atoms with Crippen molar-refractivity contribution in [1.82, 2.24) is 4.98 Å². The van der Waals surface area contributed by atoms with E-state index in [9.17, 15) is 10.1 Å². The lowest BCUT2D eigenvalue weighted by molar-refractivity contribution is -0.384. The zero-order chi connectivity index (χ0) is 15.2. The molecule has 0 aliphatic carbocycles. The van der Waals surface area contributed by atoms with Gasteiger partial charge >= 0.3 is 5.69 Å². The van der Waals surface area contributed by atoms with Gasteiger partial charge in [0.2, 0.25) is 5.82 Å². The SMILES string of the molecule is N#CCc1ccc(Nc2nc(NN)ccc2[N+](=O)[O-])cc1. The number of nitrogens with one attached hydrogen (secondary N) is 2. The molecule has 0 spiro atoms. The average Bonchev–Trinajstić information content (AvgIpc) is 2.49. The van der Waals surface area contributed by atoms with Gasteiger partial charge < -0.3 is 10.7 Å². The van der Waals surface area contributed by atoms with E-state index in [0.29, 0.717) is 17.9 Å². The lowest BCUT2D eigenvalue weighted by Gasteiger charge is -2.08. The summed E-state index contributed by atoms with van der Waals surface area (Å²) in [5.41, 5.74) is 3.67. The lowest BCUT2D eigenvalue weighted by atomic mass is 10.1. The lowest BCUT2D eigenvalue weighted by Crippen LogP contribution is -2.10. The Morgan fingerprint density at radius 2 is 2.00 bits per heavy atom. The first-order valence-corrected chi connectivity index (χ1v) is 5.99. The fourth-order valence-electron chi connectivity index (χ4n) is 1.71. The topological polar surface area (TPSA) is 130 Å². The predicted octanol–water partition coefficient (Wildman–Crippen LogP) is 2.09. The number of anilines is 3. The second kappa shape index (κ2) is 6.31. The molecule has 0 atom stereocenters. The number of pyridine rings is 1. The molecule has 4 N–H and O–H groups in total. The average molecular weight is 284 g/mol. The van der Waals surface area contributed by atoms with Crippen LogP contribution in [0.5, 0.6) is 0 Å². The van der Waals surface area contributed by atoms with Crippen LogP contribution >= 0.6 is 0 Å². The molecular formula is C13H12N6O2. The van der Waals surface area contributed by atoms with E-state index in [2.05, 4.69) is 15.7 Å². The van der Waals surface area contributed by atoms with Crippen LogP contribution in [0.1, 0.15) is 5.56 Å². The summed E-state index contributed by atoms with van der Waals surface area (Å²) in [5.74, 6) is 5.65. The molecule has 0 aliphatic heterocycles. The first-order valence-electron chi connectivity index (χ1n) is 5.99. The quantitative estimate of drug-likeness (QED) is 0.435. The Morgan fingerprint density at radius 1 is 1.29 bits per heavy atom. The third kappa shape index (κ3) is 3.43. The van der Waals surface area contributed by atoms with E-state index < -0.39 is 4.92 Å². The van der Waals surface area contributed by atoms with Crippen LogP contribution in [0.4, 0.5) is 23.0 Å². The van der Waals surface area contributed by atoms with Gasteiger partial charge in [0.25, 0.3) is 0 Å². The van der Waals surface area contributed by atoms with Crippen LogP contribution in [0.15, 0.2) is 36.4 Å². The van der Waals surface area contributed by atoms with Crippen molar-refractivity contribution in [2.45, 2.75) is 6.42 Å². The minimum atomic E-state index is -0.528. The van der Waals surface area contributed by atoms with Crippen LogP contribution in [-0.2, 0) is 6.42 Å². The highest BCUT2D eigenvalue weighted by Crippen LogP contribution is 2.27. The molecule has 8 nitrogen and oxygen atoms in total. The fourth-order valence-corrected chi connectivity index (χ4v) is 1.71. The highest BCUT2D eigenvalue weighted by Gasteiger charge is 2.16. The number of nitro groups is 1. The summed E-state index contributed by atoms with van der Waals surface area (Å²) in [5, 5.41) is 22.5. The van der Waals surface area contributed by atoms with Crippen molar-refractivity contribution < 1.29 is 4.92 Å². The van der Waals surface area contributed by atoms with Crippen LogP contribution in [0.3, 0.4) is 0 Å². The fraction of sp³-hybridized carbons (Fsp3) is 0.0769. The number of aromatic nitrogens is 1. The van der Waals surface area contributed by atoms with Crippen LogP contribution < -0.4 is 16.6 Å². The van der Waals surface area contributed by atoms with E-state index in [-0.39, 0.29) is 11.5 Å². The number of hydrogen-bond donors (Lipinski definition) is 3. The molecule has 2 rings (SSSR count). The Balaban J connectivity index is 2.29. The number of hydrazine groups is 1.